The molecule has 0 radical (unpaired) electrons. The highest BCUT2D eigenvalue weighted by Crippen LogP contribution is 2.37. The van der Waals surface area contributed by atoms with E-state index in [-0.39, 0.29) is 6.61 Å². The first kappa shape index (κ1) is 29.2. The third kappa shape index (κ3) is 7.46. The summed E-state index contributed by atoms with van der Waals surface area (Å²) >= 11 is 3.34. The number of carbonyl (C=O) groups excluding carboxylic acids is 4. The van der Waals surface area contributed by atoms with Gasteiger partial charge in [0.2, 0.25) is 12.4 Å². The molecule has 1 saturated heterocycles. The van der Waals surface area contributed by atoms with Gasteiger partial charge >= 0.3 is 23.9 Å². The van der Waals surface area contributed by atoms with Gasteiger partial charge in [-0.15, -0.1) is 22.7 Å². The van der Waals surface area contributed by atoms with Crippen LogP contribution in [0.1, 0.15) is 27.7 Å². The van der Waals surface area contributed by atoms with Crippen LogP contribution in [0.2, 0.25) is 0 Å². The maximum Gasteiger partial charge on any atom is 0.303 e. The Bertz CT molecular complexity index is 1330. The molecule has 10 nitrogen and oxygen atoms in total. The number of benzene rings is 1. The number of hydrogen-bond acceptors (Lipinski definition) is 12. The minimum atomic E-state index is -1.30. The first-order valence-corrected chi connectivity index (χ1v) is 14.0. The lowest BCUT2D eigenvalue weighted by atomic mass is 9.98. The van der Waals surface area contributed by atoms with Crippen LogP contribution in [-0.4, -0.2) is 61.2 Å². The molecule has 0 saturated carbocycles. The average Bonchev–Trinajstić information content (AvgIpc) is 3.58. The Hall–Kier alpha value is -3.74. The topological polar surface area (TPSA) is 124 Å². The quantitative estimate of drug-likeness (QED) is 0.259. The van der Waals surface area contributed by atoms with Gasteiger partial charge in [0.25, 0.3) is 0 Å². The predicted molar refractivity (Wildman–Crippen MR) is 146 cm³/mol. The molecule has 1 fully saturated rings. The second kappa shape index (κ2) is 13.1. The number of thiophene rings is 2. The molecule has 0 bridgehead atoms. The first-order chi connectivity index (χ1) is 19.1. The van der Waals surface area contributed by atoms with Crippen molar-refractivity contribution in [1.82, 2.24) is 0 Å². The van der Waals surface area contributed by atoms with Gasteiger partial charge in [0.15, 0.2) is 12.2 Å². The van der Waals surface area contributed by atoms with Crippen LogP contribution >= 0.6 is 22.7 Å². The summed E-state index contributed by atoms with van der Waals surface area (Å²) in [4.78, 5) is 50.8. The summed E-state index contributed by atoms with van der Waals surface area (Å²) in [6, 6.07) is 15.4. The number of hydrogen-bond donors (Lipinski definition) is 0. The monoisotopic (exact) mass is 588 g/mol. The van der Waals surface area contributed by atoms with E-state index >= 15 is 0 Å². The maximum absolute atomic E-state index is 12.0. The van der Waals surface area contributed by atoms with Crippen LogP contribution in [0.3, 0.4) is 0 Å². The fourth-order valence-electron chi connectivity index (χ4n) is 4.16. The van der Waals surface area contributed by atoms with Gasteiger partial charge < -0.3 is 28.4 Å². The average molecular weight is 589 g/mol. The summed E-state index contributed by atoms with van der Waals surface area (Å²) in [5, 5.41) is 2.04. The van der Waals surface area contributed by atoms with Gasteiger partial charge in [0.1, 0.15) is 18.5 Å². The molecule has 4 rings (SSSR count). The third-order valence-electron chi connectivity index (χ3n) is 5.71. The summed E-state index contributed by atoms with van der Waals surface area (Å²) in [7, 11) is 0. The highest BCUT2D eigenvalue weighted by Gasteiger charge is 2.53. The zero-order chi connectivity index (χ0) is 28.8. The van der Waals surface area contributed by atoms with Crippen molar-refractivity contribution in [2.75, 3.05) is 6.61 Å². The molecule has 2 aromatic heterocycles. The molecular weight excluding hydrogens is 560 g/mol. The minimum Gasteiger partial charge on any atom is -0.463 e. The Labute approximate surface area is 238 Å². The fourth-order valence-corrected chi connectivity index (χ4v) is 6.01. The fraction of sp³-hybridized carbons (Fsp3) is 0.357. The SMILES string of the molecule is CC(=O)OCC1O[C@@H](Oc2ccc(-c3ccc(-c4cccs4)s3)cc2)C(OC(C)=O)[C@@H](OC(C)=O)[C@@H]1OC(C)=O. The maximum atomic E-state index is 12.0. The van der Waals surface area contributed by atoms with E-state index in [4.69, 9.17) is 28.4 Å². The highest BCUT2D eigenvalue weighted by molar-refractivity contribution is 7.23. The van der Waals surface area contributed by atoms with Gasteiger partial charge in [-0.1, -0.05) is 6.07 Å². The summed E-state index contributed by atoms with van der Waals surface area (Å²) < 4.78 is 33.4. The molecule has 3 aromatic rings. The lowest BCUT2D eigenvalue weighted by Gasteiger charge is -2.43. The molecule has 3 heterocycles. The third-order valence-corrected chi connectivity index (χ3v) is 7.91. The largest absolute Gasteiger partial charge is 0.463 e. The molecule has 212 valence electrons. The van der Waals surface area contributed by atoms with Crippen molar-refractivity contribution in [2.45, 2.75) is 58.4 Å². The van der Waals surface area contributed by atoms with Crippen molar-refractivity contribution in [1.29, 1.82) is 0 Å². The van der Waals surface area contributed by atoms with Crippen LogP contribution < -0.4 is 4.74 Å². The van der Waals surface area contributed by atoms with E-state index in [1.54, 1.807) is 34.8 Å². The van der Waals surface area contributed by atoms with Crippen molar-refractivity contribution in [3.8, 4) is 25.9 Å². The Morgan fingerprint density at radius 2 is 1.35 bits per heavy atom. The normalized spacial score (nSPS) is 22.1. The van der Waals surface area contributed by atoms with Crippen LogP contribution in [0.25, 0.3) is 20.2 Å². The van der Waals surface area contributed by atoms with Crippen LogP contribution in [0.15, 0.2) is 53.9 Å². The standard InChI is InChI=1S/C28H28O10S2/c1-15(29)33-14-21-25(34-16(2)30)26(35-17(3)31)27(36-18(4)32)28(38-21)37-20-9-7-19(8-10-20)22-11-12-24(40-22)23-6-5-13-39-23/h5-13,21,25-28H,14H2,1-4H3/t21?,25-,26+,27?,28-/m1/s1. The zero-order valence-electron chi connectivity index (χ0n) is 22.2. The molecular formula is C28H28O10S2. The van der Waals surface area contributed by atoms with Gasteiger partial charge in [0, 0.05) is 42.3 Å². The molecule has 0 aliphatic carbocycles. The van der Waals surface area contributed by atoms with E-state index in [2.05, 4.69) is 18.2 Å². The molecule has 0 N–H and O–H groups in total. The summed E-state index contributed by atoms with van der Waals surface area (Å²) in [5.74, 6) is -2.34. The lowest BCUT2D eigenvalue weighted by molar-refractivity contribution is -0.288. The van der Waals surface area contributed by atoms with E-state index in [9.17, 15) is 19.2 Å². The van der Waals surface area contributed by atoms with Gasteiger partial charge in [0.05, 0.1) is 0 Å². The molecule has 0 spiro atoms. The molecule has 5 atom stereocenters. The van der Waals surface area contributed by atoms with E-state index < -0.39 is 54.6 Å². The number of ether oxygens (including phenoxy) is 6. The van der Waals surface area contributed by atoms with Crippen molar-refractivity contribution in [3.63, 3.8) is 0 Å². The Morgan fingerprint density at radius 1 is 0.725 bits per heavy atom. The number of carbonyl (C=O) groups is 4. The molecule has 40 heavy (non-hydrogen) atoms. The summed E-state index contributed by atoms with van der Waals surface area (Å²) in [6.45, 7) is 4.38. The lowest BCUT2D eigenvalue weighted by Crippen LogP contribution is -2.63. The van der Waals surface area contributed by atoms with E-state index in [1.807, 2.05) is 23.6 Å². The van der Waals surface area contributed by atoms with Crippen LogP contribution in [-0.2, 0) is 42.9 Å². The smallest absolute Gasteiger partial charge is 0.303 e. The van der Waals surface area contributed by atoms with Crippen molar-refractivity contribution < 1.29 is 47.6 Å². The van der Waals surface area contributed by atoms with Gasteiger partial charge in [-0.05, 0) is 53.4 Å². The van der Waals surface area contributed by atoms with Gasteiger partial charge in [-0.3, -0.25) is 19.2 Å². The van der Waals surface area contributed by atoms with Gasteiger partial charge in [-0.2, -0.15) is 0 Å². The summed E-state index contributed by atoms with van der Waals surface area (Å²) in [5.41, 5.74) is 0.974. The number of esters is 4. The Balaban J connectivity index is 1.59. The Kier molecular flexibility index (Phi) is 9.56. The van der Waals surface area contributed by atoms with E-state index in [0.717, 1.165) is 24.3 Å². The minimum absolute atomic E-state index is 0.332. The number of rotatable bonds is 9. The van der Waals surface area contributed by atoms with E-state index in [0.29, 0.717) is 5.75 Å². The second-order valence-electron chi connectivity index (χ2n) is 8.85. The molecule has 2 unspecified atom stereocenters. The highest BCUT2D eigenvalue weighted by atomic mass is 32.1. The Morgan fingerprint density at radius 3 is 1.95 bits per heavy atom. The van der Waals surface area contributed by atoms with Crippen molar-refractivity contribution >= 4 is 46.6 Å². The first-order valence-electron chi connectivity index (χ1n) is 12.3. The van der Waals surface area contributed by atoms with Crippen molar-refractivity contribution in [2.24, 2.45) is 0 Å². The zero-order valence-corrected chi connectivity index (χ0v) is 23.8. The van der Waals surface area contributed by atoms with Gasteiger partial charge in [-0.25, -0.2) is 0 Å². The second-order valence-corrected chi connectivity index (χ2v) is 10.9. The molecule has 1 aliphatic heterocycles. The van der Waals surface area contributed by atoms with Crippen LogP contribution in [0.5, 0.6) is 5.75 Å². The van der Waals surface area contributed by atoms with Crippen molar-refractivity contribution in [3.05, 3.63) is 53.9 Å². The van der Waals surface area contributed by atoms with Crippen LogP contribution in [0.4, 0.5) is 0 Å². The summed E-state index contributed by atoms with van der Waals surface area (Å²) in [6.07, 6.45) is -6.23. The van der Waals surface area contributed by atoms with E-state index in [1.165, 1.54) is 23.6 Å². The van der Waals surface area contributed by atoms with Crippen LogP contribution in [0, 0.1) is 0 Å². The predicted octanol–water partition coefficient (Wildman–Crippen LogP) is 4.61. The molecule has 12 heteroatoms. The molecule has 1 aliphatic rings. The molecule has 0 amide bonds. The molecule has 1 aromatic carbocycles.